The average molecular weight is 829 g/mol. The first-order valence-electron chi connectivity index (χ1n) is 17.6. The van der Waals surface area contributed by atoms with Gasteiger partial charge in [-0.2, -0.15) is 0 Å². The third-order valence-corrected chi connectivity index (χ3v) is 10.2. The monoisotopic (exact) mass is 828 g/mol. The number of aliphatic hydroxyl groups is 17. The molecule has 5 aliphatic rings. The van der Waals surface area contributed by atoms with Crippen molar-refractivity contribution in [2.75, 3.05) is 33.0 Å². The molecule has 5 aliphatic heterocycles. The third-order valence-electron chi connectivity index (χ3n) is 10.2. The van der Waals surface area contributed by atoms with Gasteiger partial charge in [0.05, 0.1) is 33.0 Å². The normalized spacial score (nSPS) is 53.2. The van der Waals surface area contributed by atoms with Crippen molar-refractivity contribution in [1.82, 2.24) is 0 Å². The van der Waals surface area contributed by atoms with Gasteiger partial charge >= 0.3 is 0 Å². The first-order chi connectivity index (χ1) is 26.4. The van der Waals surface area contributed by atoms with Crippen molar-refractivity contribution in [1.29, 1.82) is 0 Å². The first kappa shape index (κ1) is 46.0. The number of rotatable bonds is 13. The van der Waals surface area contributed by atoms with E-state index in [9.17, 15) is 86.8 Å². The Labute approximate surface area is 316 Å². The highest BCUT2D eigenvalue weighted by atomic mass is 16.8. The lowest BCUT2D eigenvalue weighted by molar-refractivity contribution is -0.350. The summed E-state index contributed by atoms with van der Waals surface area (Å²) in [4.78, 5) is 0. The number of hydrogen-bond donors (Lipinski definition) is 17. The molecule has 1 unspecified atom stereocenters. The van der Waals surface area contributed by atoms with Crippen molar-refractivity contribution < 1.29 is 129 Å². The van der Waals surface area contributed by atoms with Gasteiger partial charge in [0.1, 0.15) is 122 Å². The van der Waals surface area contributed by atoms with Crippen LogP contribution in [-0.2, 0) is 42.6 Å². The van der Waals surface area contributed by atoms with Crippen LogP contribution in [0.15, 0.2) is 0 Å². The van der Waals surface area contributed by atoms with Crippen molar-refractivity contribution in [3.05, 3.63) is 0 Å². The molecule has 5 saturated heterocycles. The van der Waals surface area contributed by atoms with Crippen molar-refractivity contribution in [2.45, 2.75) is 154 Å². The molecule has 25 atom stereocenters. The van der Waals surface area contributed by atoms with Crippen LogP contribution in [0.25, 0.3) is 0 Å². The lowest BCUT2D eigenvalue weighted by Crippen LogP contribution is -2.63. The zero-order valence-corrected chi connectivity index (χ0v) is 29.2. The SMILES string of the molecule is OC[C@H]1O[C@@H](OC[C@H]2O[C@@H](OC[C@H]3O[C@@H](OC[C@H]4OC(OC[C@H]5O[C@@H](O)[C@H](O)[C@@H](O)[C@H]5O)[C@H](O)[C@@H](O)[C@H]4O)[C@H](O)[C@@H](O)[C@H]3O)[C@H](O)[C@@H](O)[C@H]2O)[C@H](O)[C@@H](O)[C@H]1O. The van der Waals surface area contributed by atoms with Crippen LogP contribution >= 0.6 is 0 Å². The van der Waals surface area contributed by atoms with Crippen LogP contribution in [0.4, 0.5) is 0 Å². The quantitative estimate of drug-likeness (QED) is 0.0819. The Morgan fingerprint density at radius 2 is 0.500 bits per heavy atom. The van der Waals surface area contributed by atoms with Crippen molar-refractivity contribution >= 4 is 0 Å². The predicted molar refractivity (Wildman–Crippen MR) is 167 cm³/mol. The molecule has 26 heteroatoms. The summed E-state index contributed by atoms with van der Waals surface area (Å²) in [7, 11) is 0. The molecule has 0 saturated carbocycles. The maximum Gasteiger partial charge on any atom is 0.186 e. The van der Waals surface area contributed by atoms with Crippen LogP contribution in [0.1, 0.15) is 0 Å². The van der Waals surface area contributed by atoms with E-state index in [1.165, 1.54) is 0 Å². The van der Waals surface area contributed by atoms with Crippen LogP contribution in [0, 0.1) is 0 Å². The van der Waals surface area contributed by atoms with Gasteiger partial charge in [-0.3, -0.25) is 0 Å². The Morgan fingerprint density at radius 1 is 0.268 bits per heavy atom. The first-order valence-corrected chi connectivity index (χ1v) is 17.6. The van der Waals surface area contributed by atoms with Gasteiger partial charge in [-0.15, -0.1) is 0 Å². The largest absolute Gasteiger partial charge is 0.394 e. The molecule has 0 radical (unpaired) electrons. The summed E-state index contributed by atoms with van der Waals surface area (Å²) in [5.41, 5.74) is 0. The van der Waals surface area contributed by atoms with Gasteiger partial charge < -0.3 is 129 Å². The molecule has 0 amide bonds. The van der Waals surface area contributed by atoms with E-state index in [2.05, 4.69) is 0 Å². The van der Waals surface area contributed by atoms with Gasteiger partial charge in [-0.25, -0.2) is 0 Å². The van der Waals surface area contributed by atoms with Crippen molar-refractivity contribution in [3.63, 3.8) is 0 Å². The number of aliphatic hydroxyl groups excluding tert-OH is 17. The maximum atomic E-state index is 10.6. The Hall–Kier alpha value is -1.04. The highest BCUT2D eigenvalue weighted by Gasteiger charge is 2.51. The van der Waals surface area contributed by atoms with Gasteiger partial charge in [0.2, 0.25) is 0 Å². The fourth-order valence-corrected chi connectivity index (χ4v) is 6.61. The number of ether oxygens (including phenoxy) is 9. The van der Waals surface area contributed by atoms with Crippen LogP contribution in [0.5, 0.6) is 0 Å². The lowest BCUT2D eigenvalue weighted by atomic mass is 9.97. The van der Waals surface area contributed by atoms with E-state index in [0.29, 0.717) is 0 Å². The molecule has 5 fully saturated rings. The van der Waals surface area contributed by atoms with E-state index >= 15 is 0 Å². The molecule has 5 rings (SSSR count). The second-order valence-corrected chi connectivity index (χ2v) is 14.1. The molecule has 0 aromatic rings. The smallest absolute Gasteiger partial charge is 0.186 e. The van der Waals surface area contributed by atoms with Crippen LogP contribution in [0.3, 0.4) is 0 Å². The van der Waals surface area contributed by atoms with E-state index in [-0.39, 0.29) is 0 Å². The van der Waals surface area contributed by atoms with Gasteiger partial charge in [0.25, 0.3) is 0 Å². The lowest BCUT2D eigenvalue weighted by Gasteiger charge is -2.44. The summed E-state index contributed by atoms with van der Waals surface area (Å²) in [6, 6.07) is 0. The Morgan fingerprint density at radius 3 is 0.786 bits per heavy atom. The highest BCUT2D eigenvalue weighted by molar-refractivity contribution is 4.95. The third kappa shape index (κ3) is 9.77. The van der Waals surface area contributed by atoms with Crippen molar-refractivity contribution in [2.24, 2.45) is 0 Å². The Balaban J connectivity index is 1.15. The summed E-state index contributed by atoms with van der Waals surface area (Å²) >= 11 is 0. The molecule has 0 aliphatic carbocycles. The standard InChI is InChI=1S/C30H52O26/c31-1-6-11(32)17(38)22(43)27(53-6)49-3-8-13(34)19(40)24(45)29(55-8)51-5-10-15(36)20(41)25(46)30(56-10)50-4-9-14(35)18(39)23(44)28(54-9)48-2-7-12(33)16(37)21(42)26(47)52-7/h6-47H,1-5H2/t6-,7-,8-,9-,10-,11+,12+,13+,14+,15+,16+,17+,18+,19+,20+,21-,22-,23-,24-,25-,26-,27-,28?,29-,30-/m1/s1. The fourth-order valence-electron chi connectivity index (χ4n) is 6.61. The zero-order valence-electron chi connectivity index (χ0n) is 29.2. The second kappa shape index (κ2) is 19.6. The molecule has 0 aromatic heterocycles. The molecule has 17 N–H and O–H groups in total. The van der Waals surface area contributed by atoms with Gasteiger partial charge in [0.15, 0.2) is 31.5 Å². The summed E-state index contributed by atoms with van der Waals surface area (Å²) in [6.45, 7) is -3.57. The van der Waals surface area contributed by atoms with Crippen LogP contribution in [-0.4, -0.2) is 273 Å². The fraction of sp³-hybridized carbons (Fsp3) is 1.00. The van der Waals surface area contributed by atoms with E-state index in [1.807, 2.05) is 0 Å². The highest BCUT2D eigenvalue weighted by Crippen LogP contribution is 2.30. The zero-order chi connectivity index (χ0) is 41.3. The molecule has 0 spiro atoms. The van der Waals surface area contributed by atoms with E-state index in [1.54, 1.807) is 0 Å². The molecule has 56 heavy (non-hydrogen) atoms. The maximum absolute atomic E-state index is 10.6. The van der Waals surface area contributed by atoms with E-state index in [0.717, 1.165) is 0 Å². The molecule has 0 bridgehead atoms. The molecule has 328 valence electrons. The molecule has 5 heterocycles. The minimum atomic E-state index is -1.96. The summed E-state index contributed by atoms with van der Waals surface area (Å²) < 4.78 is 48.5. The molecular formula is C30H52O26. The molecule has 26 nitrogen and oxygen atoms in total. The second-order valence-electron chi connectivity index (χ2n) is 14.1. The van der Waals surface area contributed by atoms with E-state index < -0.39 is 187 Å². The van der Waals surface area contributed by atoms with Crippen LogP contribution in [0.2, 0.25) is 0 Å². The number of hydrogen-bond acceptors (Lipinski definition) is 26. The van der Waals surface area contributed by atoms with E-state index in [4.69, 9.17) is 42.6 Å². The van der Waals surface area contributed by atoms with Gasteiger partial charge in [0, 0.05) is 0 Å². The van der Waals surface area contributed by atoms with Gasteiger partial charge in [-0.1, -0.05) is 0 Å². The minimum Gasteiger partial charge on any atom is -0.394 e. The predicted octanol–water partition coefficient (Wildman–Crippen LogP) is -11.9. The molecular weight excluding hydrogens is 776 g/mol. The summed E-state index contributed by atoms with van der Waals surface area (Å²) in [5, 5.41) is 173. The van der Waals surface area contributed by atoms with Crippen molar-refractivity contribution in [3.8, 4) is 0 Å². The average Bonchev–Trinajstić information content (AvgIpc) is 3.18. The van der Waals surface area contributed by atoms with Gasteiger partial charge in [-0.05, 0) is 0 Å². The molecule has 0 aromatic carbocycles. The summed E-state index contributed by atoms with van der Waals surface area (Å²) in [5.74, 6) is 0. The topological polar surface area (TPSA) is 427 Å². The minimum absolute atomic E-state index is 0.669. The Bertz CT molecular complexity index is 1210. The van der Waals surface area contributed by atoms with Crippen LogP contribution < -0.4 is 0 Å². The summed E-state index contributed by atoms with van der Waals surface area (Å²) in [6.07, 6.45) is -44.0. The Kier molecular flexibility index (Phi) is 16.1.